The number of hydrogen-bond donors (Lipinski definition) is 0. The Kier molecular flexibility index (Phi) is 10.1. The fourth-order valence-corrected chi connectivity index (χ4v) is 4.27. The van der Waals surface area contributed by atoms with Crippen molar-refractivity contribution in [2.45, 2.75) is 77.6 Å². The highest BCUT2D eigenvalue weighted by Gasteiger charge is 1.95. The van der Waals surface area contributed by atoms with Gasteiger partial charge in [-0.15, -0.1) is 0 Å². The van der Waals surface area contributed by atoms with E-state index in [9.17, 15) is 0 Å². The van der Waals surface area contributed by atoms with Gasteiger partial charge in [-0.25, -0.2) is 4.75 Å². The molecule has 0 spiro atoms. The summed E-state index contributed by atoms with van der Waals surface area (Å²) in [5.74, 6) is 0. The Hall–Kier alpha value is 0.140. The molecule has 0 aliphatic carbocycles. The zero-order valence-corrected chi connectivity index (χ0v) is 13.1. The molecular weight excluding hydrogens is 244 g/mol. The Morgan fingerprint density at radius 3 is 2.06 bits per heavy atom. The summed E-state index contributed by atoms with van der Waals surface area (Å²) in [5, 5.41) is 1.57. The van der Waals surface area contributed by atoms with Gasteiger partial charge in [0.15, 0.2) is 0 Å². The fourth-order valence-electron chi connectivity index (χ4n) is 2.14. The summed E-state index contributed by atoms with van der Waals surface area (Å²) in [7, 11) is 2.29. The van der Waals surface area contributed by atoms with E-state index in [1.807, 2.05) is 0 Å². The van der Waals surface area contributed by atoms with Crippen LogP contribution in [0.15, 0.2) is 6.20 Å². The molecule has 0 aliphatic heterocycles. The van der Waals surface area contributed by atoms with E-state index < -0.39 is 0 Å². The lowest BCUT2D eigenvalue weighted by Gasteiger charge is -2.01. The molecule has 0 amide bonds. The lowest BCUT2D eigenvalue weighted by molar-refractivity contribution is 0.557. The topological polar surface area (TPSA) is 12.9 Å². The van der Waals surface area contributed by atoms with Crippen LogP contribution in [0.25, 0.3) is 0 Å². The summed E-state index contributed by atoms with van der Waals surface area (Å²) in [4.78, 5) is 0. The molecule has 0 N–H and O–H groups in total. The molecule has 0 aromatic carbocycles. The van der Waals surface area contributed by atoms with Gasteiger partial charge in [-0.3, -0.25) is 0 Å². The molecule has 1 aromatic rings. The highest BCUT2D eigenvalue weighted by molar-refractivity contribution is 7.88. The van der Waals surface area contributed by atoms with Crippen LogP contribution in [-0.2, 0) is 6.42 Å². The van der Waals surface area contributed by atoms with E-state index in [0.29, 0.717) is 0 Å². The Bertz CT molecular complexity index is 247. The summed E-state index contributed by atoms with van der Waals surface area (Å²) in [6.07, 6.45) is 17.7. The van der Waals surface area contributed by atoms with Crippen LogP contribution in [0.2, 0.25) is 0 Å². The monoisotopic (exact) mass is 271 g/mol. The van der Waals surface area contributed by atoms with Crippen molar-refractivity contribution in [1.82, 2.24) is 4.75 Å². The predicted molar refractivity (Wildman–Crippen MR) is 81.8 cm³/mol. The molecule has 1 unspecified atom stereocenters. The Morgan fingerprint density at radius 1 is 0.941 bits per heavy atom. The van der Waals surface area contributed by atoms with Gasteiger partial charge in [0, 0.05) is 11.5 Å². The average Bonchev–Trinajstić information content (AvgIpc) is 2.85. The van der Waals surface area contributed by atoms with Crippen LogP contribution in [0.1, 0.15) is 76.4 Å². The molecule has 0 bridgehead atoms. The third-order valence-electron chi connectivity index (χ3n) is 3.25. The van der Waals surface area contributed by atoms with E-state index in [0.717, 1.165) is 8.03 Å². The first kappa shape index (κ1) is 15.2. The van der Waals surface area contributed by atoms with Gasteiger partial charge >= 0.3 is 0 Å². The first-order chi connectivity index (χ1) is 8.43. The van der Waals surface area contributed by atoms with Crippen LogP contribution in [-0.4, -0.2) is 4.75 Å². The van der Waals surface area contributed by atoms with E-state index in [1.165, 1.54) is 78.5 Å². The zero-order chi connectivity index (χ0) is 12.2. The molecule has 0 fully saturated rings. The molecular formula is C14H27NP2. The van der Waals surface area contributed by atoms with Crippen LogP contribution in [0, 0.1) is 0 Å². The molecule has 98 valence electrons. The van der Waals surface area contributed by atoms with Crippen LogP contribution in [0.4, 0.5) is 0 Å². The smallest absolute Gasteiger partial charge is 0.0391 e. The van der Waals surface area contributed by atoms with E-state index in [2.05, 4.69) is 17.9 Å². The van der Waals surface area contributed by atoms with Crippen LogP contribution < -0.4 is 0 Å². The standard InChI is InChI=1S/C14H27NP2/c1-2-3-4-5-6-7-8-9-10-11-12-14-13-15-17-16-14/h13,17H,2-12H2,1H3. The van der Waals surface area contributed by atoms with E-state index >= 15 is 0 Å². The number of nitrogens with zero attached hydrogens (tertiary/aromatic N) is 1. The molecule has 1 nitrogen and oxygen atoms in total. The van der Waals surface area contributed by atoms with Gasteiger partial charge in [-0.2, -0.15) is 0 Å². The molecule has 0 radical (unpaired) electrons. The van der Waals surface area contributed by atoms with Gasteiger partial charge in [0.25, 0.3) is 0 Å². The lowest BCUT2D eigenvalue weighted by atomic mass is 10.1. The number of hydrogen-bond acceptors (Lipinski definition) is 1. The largest absolute Gasteiger partial charge is 0.244 e. The van der Waals surface area contributed by atoms with Crippen molar-refractivity contribution in [3.63, 3.8) is 0 Å². The van der Waals surface area contributed by atoms with Crippen molar-refractivity contribution in [2.24, 2.45) is 0 Å². The molecule has 3 heteroatoms. The van der Waals surface area contributed by atoms with Crippen molar-refractivity contribution in [1.29, 1.82) is 0 Å². The molecule has 1 atom stereocenters. The minimum Gasteiger partial charge on any atom is -0.244 e. The molecule has 0 saturated heterocycles. The molecule has 0 saturated carbocycles. The van der Waals surface area contributed by atoms with Crippen molar-refractivity contribution < 1.29 is 0 Å². The van der Waals surface area contributed by atoms with Gasteiger partial charge in [0.1, 0.15) is 0 Å². The normalized spacial score (nSPS) is 11.8. The fraction of sp³-hybridized carbons (Fsp3) is 0.857. The highest BCUT2D eigenvalue weighted by Crippen LogP contribution is 2.24. The molecule has 1 rings (SSSR count). The molecule has 1 heterocycles. The maximum atomic E-state index is 4.28. The quantitative estimate of drug-likeness (QED) is 0.439. The maximum Gasteiger partial charge on any atom is 0.0391 e. The third-order valence-corrected chi connectivity index (χ3v) is 5.73. The average molecular weight is 271 g/mol. The number of rotatable bonds is 11. The Labute approximate surface area is 110 Å². The van der Waals surface area contributed by atoms with E-state index in [1.54, 1.807) is 5.30 Å². The summed E-state index contributed by atoms with van der Waals surface area (Å²) in [6, 6.07) is 0. The van der Waals surface area contributed by atoms with Crippen molar-refractivity contribution >= 4 is 15.9 Å². The molecule has 1 aromatic heterocycles. The zero-order valence-electron chi connectivity index (χ0n) is 11.2. The third kappa shape index (κ3) is 8.81. The summed E-state index contributed by atoms with van der Waals surface area (Å²) >= 11 is 0. The van der Waals surface area contributed by atoms with Crippen LogP contribution >= 0.6 is 15.9 Å². The number of unbranched alkanes of at least 4 members (excludes halogenated alkanes) is 9. The minimum absolute atomic E-state index is 0.805. The van der Waals surface area contributed by atoms with Crippen molar-refractivity contribution in [3.8, 4) is 0 Å². The highest BCUT2D eigenvalue weighted by atomic mass is 31.8. The Balaban J connectivity index is 1.76. The SMILES string of the molecule is CCCCCCCCCCCCc1cn[pH]p1. The summed E-state index contributed by atoms with van der Waals surface area (Å²) in [5.41, 5.74) is 0. The molecule has 0 aliphatic rings. The second-order valence-corrected chi connectivity index (χ2v) is 7.42. The van der Waals surface area contributed by atoms with Crippen molar-refractivity contribution in [3.05, 3.63) is 11.5 Å². The molecule has 17 heavy (non-hydrogen) atoms. The first-order valence-corrected chi connectivity index (χ1v) is 9.96. The summed E-state index contributed by atoms with van der Waals surface area (Å²) < 4.78 is 4.28. The number of aromatic nitrogens is 1. The van der Waals surface area contributed by atoms with Crippen molar-refractivity contribution in [2.75, 3.05) is 0 Å². The minimum atomic E-state index is 0.805. The van der Waals surface area contributed by atoms with Crippen LogP contribution in [0.3, 0.4) is 0 Å². The van der Waals surface area contributed by atoms with Gasteiger partial charge in [-0.1, -0.05) is 64.7 Å². The Morgan fingerprint density at radius 2 is 1.53 bits per heavy atom. The first-order valence-electron chi connectivity index (χ1n) is 7.28. The maximum absolute atomic E-state index is 4.28. The van der Waals surface area contributed by atoms with Gasteiger partial charge < -0.3 is 0 Å². The van der Waals surface area contributed by atoms with E-state index in [-0.39, 0.29) is 0 Å². The number of aryl methyl sites for hydroxylation is 1. The van der Waals surface area contributed by atoms with E-state index in [4.69, 9.17) is 0 Å². The van der Waals surface area contributed by atoms with Gasteiger partial charge in [0.05, 0.1) is 0 Å². The van der Waals surface area contributed by atoms with Gasteiger partial charge in [-0.05, 0) is 28.7 Å². The predicted octanol–water partition coefficient (Wildman–Crippen LogP) is 6.16. The summed E-state index contributed by atoms with van der Waals surface area (Å²) in [6.45, 7) is 2.28. The van der Waals surface area contributed by atoms with Crippen LogP contribution in [0.5, 0.6) is 0 Å². The second-order valence-electron chi connectivity index (χ2n) is 4.89. The van der Waals surface area contributed by atoms with Gasteiger partial charge in [0.2, 0.25) is 0 Å². The lowest BCUT2D eigenvalue weighted by Crippen LogP contribution is -1.83. The second kappa shape index (κ2) is 11.2.